The van der Waals surface area contributed by atoms with Gasteiger partial charge >= 0.3 is 0 Å². The van der Waals surface area contributed by atoms with E-state index in [4.69, 9.17) is 0 Å². The van der Waals surface area contributed by atoms with Gasteiger partial charge in [0.2, 0.25) is 0 Å². The molecular weight excluding hydrogens is 262 g/mol. The lowest BCUT2D eigenvalue weighted by atomic mass is 9.72. The van der Waals surface area contributed by atoms with Crippen LogP contribution in [0.5, 0.6) is 5.75 Å². The van der Waals surface area contributed by atoms with Crippen molar-refractivity contribution in [3.05, 3.63) is 42.0 Å². The predicted molar refractivity (Wildman–Crippen MR) is 83.4 cm³/mol. The number of aromatic hydroxyl groups is 1. The number of fused-ring (bicyclic) bond motifs is 4. The van der Waals surface area contributed by atoms with E-state index in [1.807, 2.05) is 36.4 Å². The second-order valence-electron chi connectivity index (χ2n) is 6.63. The zero-order chi connectivity index (χ0) is 14.4. The number of hydrogen-bond acceptors (Lipinski definition) is 3. The van der Waals surface area contributed by atoms with Crippen LogP contribution in [0.25, 0.3) is 10.8 Å². The maximum atomic E-state index is 11.1. The SMILES string of the molecule is Oc1c(C[C@@]2(O)CN3CCC2CC3)ccc2ccccc12. The molecule has 0 aromatic heterocycles. The van der Waals surface area contributed by atoms with E-state index in [1.165, 1.54) is 0 Å². The third-order valence-electron chi connectivity index (χ3n) is 5.33. The van der Waals surface area contributed by atoms with Crippen molar-refractivity contribution >= 4 is 10.8 Å². The lowest BCUT2D eigenvalue weighted by Crippen LogP contribution is -2.60. The molecule has 0 unspecified atom stereocenters. The molecule has 0 aliphatic carbocycles. The zero-order valence-electron chi connectivity index (χ0n) is 12.1. The fourth-order valence-corrected chi connectivity index (χ4v) is 4.12. The normalized spacial score (nSPS) is 31.7. The summed E-state index contributed by atoms with van der Waals surface area (Å²) >= 11 is 0. The summed E-state index contributed by atoms with van der Waals surface area (Å²) in [6, 6.07) is 11.9. The van der Waals surface area contributed by atoms with Crippen molar-refractivity contribution in [3.8, 4) is 5.75 Å². The molecule has 2 N–H and O–H groups in total. The Hall–Kier alpha value is -1.58. The summed E-state index contributed by atoms with van der Waals surface area (Å²) in [5.41, 5.74) is 0.182. The van der Waals surface area contributed by atoms with E-state index in [2.05, 4.69) is 4.90 Å². The van der Waals surface area contributed by atoms with Crippen LogP contribution >= 0.6 is 0 Å². The van der Waals surface area contributed by atoms with Gasteiger partial charge in [-0.05, 0) is 42.8 Å². The molecule has 0 radical (unpaired) electrons. The number of hydrogen-bond donors (Lipinski definition) is 2. The molecule has 3 heteroatoms. The number of nitrogens with zero attached hydrogens (tertiary/aromatic N) is 1. The number of rotatable bonds is 2. The van der Waals surface area contributed by atoms with Crippen molar-refractivity contribution in [2.24, 2.45) is 5.92 Å². The Morgan fingerprint density at radius 1 is 1.10 bits per heavy atom. The van der Waals surface area contributed by atoms with Crippen LogP contribution in [0.1, 0.15) is 18.4 Å². The first-order valence-corrected chi connectivity index (χ1v) is 7.80. The Bertz CT molecular complexity index is 676. The molecule has 21 heavy (non-hydrogen) atoms. The molecule has 5 rings (SSSR count). The average Bonchev–Trinajstić information content (AvgIpc) is 2.51. The van der Waals surface area contributed by atoms with Crippen molar-refractivity contribution in [2.45, 2.75) is 24.9 Å². The van der Waals surface area contributed by atoms with Crippen molar-refractivity contribution < 1.29 is 10.2 Å². The van der Waals surface area contributed by atoms with E-state index < -0.39 is 5.60 Å². The average molecular weight is 283 g/mol. The third kappa shape index (κ3) is 2.12. The fraction of sp³-hybridized carbons (Fsp3) is 0.444. The summed E-state index contributed by atoms with van der Waals surface area (Å²) in [4.78, 5) is 2.35. The molecule has 2 aromatic rings. The Morgan fingerprint density at radius 2 is 1.86 bits per heavy atom. The first kappa shape index (κ1) is 13.1. The topological polar surface area (TPSA) is 43.7 Å². The molecule has 0 spiro atoms. The Labute approximate surface area is 124 Å². The Kier molecular flexibility index (Phi) is 2.95. The van der Waals surface area contributed by atoms with Crippen LogP contribution < -0.4 is 0 Å². The summed E-state index contributed by atoms with van der Waals surface area (Å²) in [7, 11) is 0. The van der Waals surface area contributed by atoms with Gasteiger partial charge in [0.1, 0.15) is 5.75 Å². The van der Waals surface area contributed by atoms with Gasteiger partial charge in [0.05, 0.1) is 5.60 Å². The van der Waals surface area contributed by atoms with Gasteiger partial charge in [0, 0.05) is 18.4 Å². The van der Waals surface area contributed by atoms with Gasteiger partial charge in [0.25, 0.3) is 0 Å². The van der Waals surface area contributed by atoms with E-state index in [-0.39, 0.29) is 0 Å². The van der Waals surface area contributed by atoms with Crippen molar-refractivity contribution in [2.75, 3.05) is 19.6 Å². The van der Waals surface area contributed by atoms with Crippen LogP contribution in [-0.4, -0.2) is 40.3 Å². The monoisotopic (exact) mass is 283 g/mol. The molecule has 2 aromatic carbocycles. The molecule has 110 valence electrons. The van der Waals surface area contributed by atoms with Gasteiger partial charge in [-0.1, -0.05) is 36.4 Å². The summed E-state index contributed by atoms with van der Waals surface area (Å²) in [5, 5.41) is 23.5. The molecule has 3 saturated heterocycles. The van der Waals surface area contributed by atoms with Gasteiger partial charge in [-0.2, -0.15) is 0 Å². The number of piperidine rings is 3. The zero-order valence-corrected chi connectivity index (χ0v) is 12.1. The molecule has 1 atom stereocenters. The first-order valence-electron chi connectivity index (χ1n) is 7.80. The highest BCUT2D eigenvalue weighted by atomic mass is 16.3. The largest absolute Gasteiger partial charge is 0.507 e. The van der Waals surface area contributed by atoms with E-state index in [0.717, 1.165) is 48.8 Å². The minimum Gasteiger partial charge on any atom is -0.507 e. The molecule has 2 bridgehead atoms. The van der Waals surface area contributed by atoms with E-state index >= 15 is 0 Å². The minimum absolute atomic E-state index is 0.331. The van der Waals surface area contributed by atoms with Gasteiger partial charge in [-0.15, -0.1) is 0 Å². The van der Waals surface area contributed by atoms with Crippen molar-refractivity contribution in [1.82, 2.24) is 4.90 Å². The number of benzene rings is 2. The van der Waals surface area contributed by atoms with Gasteiger partial charge < -0.3 is 15.1 Å². The quantitative estimate of drug-likeness (QED) is 0.890. The lowest BCUT2D eigenvalue weighted by Gasteiger charge is -2.50. The second kappa shape index (κ2) is 4.72. The van der Waals surface area contributed by atoms with Gasteiger partial charge in [-0.3, -0.25) is 0 Å². The first-order chi connectivity index (χ1) is 10.2. The predicted octanol–water partition coefficient (Wildman–Crippen LogP) is 2.54. The highest BCUT2D eigenvalue weighted by molar-refractivity contribution is 5.89. The van der Waals surface area contributed by atoms with Crippen LogP contribution in [0.15, 0.2) is 36.4 Å². The van der Waals surface area contributed by atoms with Crippen LogP contribution in [0.3, 0.4) is 0 Å². The van der Waals surface area contributed by atoms with Crippen LogP contribution in [0.4, 0.5) is 0 Å². The fourth-order valence-electron chi connectivity index (χ4n) is 4.12. The van der Waals surface area contributed by atoms with Crippen LogP contribution in [0.2, 0.25) is 0 Å². The summed E-state index contributed by atoms with van der Waals surface area (Å²) in [5.74, 6) is 0.700. The van der Waals surface area contributed by atoms with E-state index in [1.54, 1.807) is 0 Å². The van der Waals surface area contributed by atoms with Crippen LogP contribution in [-0.2, 0) is 6.42 Å². The van der Waals surface area contributed by atoms with E-state index in [9.17, 15) is 10.2 Å². The number of phenolic OH excluding ortho intramolecular Hbond substituents is 1. The smallest absolute Gasteiger partial charge is 0.126 e. The molecule has 3 nitrogen and oxygen atoms in total. The van der Waals surface area contributed by atoms with Crippen LogP contribution in [0, 0.1) is 5.92 Å². The van der Waals surface area contributed by atoms with Gasteiger partial charge in [0.15, 0.2) is 0 Å². The maximum absolute atomic E-state index is 11.1. The Morgan fingerprint density at radius 3 is 2.57 bits per heavy atom. The van der Waals surface area contributed by atoms with Crippen molar-refractivity contribution in [3.63, 3.8) is 0 Å². The summed E-state index contributed by atoms with van der Waals surface area (Å²) < 4.78 is 0. The standard InChI is InChI=1S/C18H21NO2/c20-17-14(6-5-13-3-1-2-4-16(13)17)11-18(21)12-19-9-7-15(18)8-10-19/h1-6,15,20-21H,7-12H2/t18-/m1/s1. The molecule has 0 saturated carbocycles. The lowest BCUT2D eigenvalue weighted by molar-refractivity contribution is -0.111. The highest BCUT2D eigenvalue weighted by Gasteiger charge is 2.45. The third-order valence-corrected chi connectivity index (χ3v) is 5.33. The summed E-state index contributed by atoms with van der Waals surface area (Å²) in [6.07, 6.45) is 2.69. The maximum Gasteiger partial charge on any atom is 0.126 e. The molecule has 0 amide bonds. The van der Waals surface area contributed by atoms with Crippen molar-refractivity contribution in [1.29, 1.82) is 0 Å². The molecule has 3 fully saturated rings. The number of phenols is 1. The van der Waals surface area contributed by atoms with Gasteiger partial charge in [-0.25, -0.2) is 0 Å². The molecule has 3 aliphatic heterocycles. The minimum atomic E-state index is -0.684. The molecule has 3 heterocycles. The number of aliphatic hydroxyl groups is 1. The second-order valence-corrected chi connectivity index (χ2v) is 6.63. The summed E-state index contributed by atoms with van der Waals surface area (Å²) in [6.45, 7) is 2.96. The highest BCUT2D eigenvalue weighted by Crippen LogP contribution is 2.40. The Balaban J connectivity index is 1.69. The van der Waals surface area contributed by atoms with E-state index in [0.29, 0.717) is 18.1 Å². The molecular formula is C18H21NO2. The molecule has 3 aliphatic rings.